The van der Waals surface area contributed by atoms with Gasteiger partial charge in [0.2, 0.25) is 0 Å². The van der Waals surface area contributed by atoms with E-state index in [0.29, 0.717) is 5.92 Å². The van der Waals surface area contributed by atoms with Crippen LogP contribution < -0.4 is 10.6 Å². The van der Waals surface area contributed by atoms with Crippen molar-refractivity contribution in [3.05, 3.63) is 29.8 Å². The first-order chi connectivity index (χ1) is 7.63. The van der Waals surface area contributed by atoms with E-state index in [2.05, 4.69) is 30.5 Å². The molecule has 0 aliphatic carbocycles. The number of carbonyl (C=O) groups is 1. The van der Waals surface area contributed by atoms with Gasteiger partial charge >= 0.3 is 6.03 Å². The zero-order chi connectivity index (χ0) is 12.6. The summed E-state index contributed by atoms with van der Waals surface area (Å²) >= 11 is 0. The highest BCUT2D eigenvalue weighted by Crippen LogP contribution is 2.18. The lowest BCUT2D eigenvalue weighted by Crippen LogP contribution is -2.24. The molecule has 2 N–H and O–H groups in total. The third-order valence-corrected chi connectivity index (χ3v) is 2.04. The largest absolute Gasteiger partial charge is 0.341 e. The smallest absolute Gasteiger partial charge is 0.318 e. The van der Waals surface area contributed by atoms with Crippen LogP contribution in [0.2, 0.25) is 0 Å². The van der Waals surface area contributed by atoms with Gasteiger partial charge in [-0.2, -0.15) is 0 Å². The monoisotopic (exact) mass is 222 g/mol. The predicted octanol–water partition coefficient (Wildman–Crippen LogP) is 3.59. The molecule has 0 fully saturated rings. The Balaban J connectivity index is 0.00000106. The number of hydrogen-bond donors (Lipinski definition) is 2. The van der Waals surface area contributed by atoms with Crippen LogP contribution in [0.5, 0.6) is 0 Å². The van der Waals surface area contributed by atoms with Gasteiger partial charge in [-0.15, -0.1) is 0 Å². The van der Waals surface area contributed by atoms with E-state index in [1.165, 1.54) is 5.56 Å². The molecule has 0 aliphatic rings. The molecular formula is C13H22N2O. The van der Waals surface area contributed by atoms with Crippen LogP contribution in [0.1, 0.15) is 39.2 Å². The highest BCUT2D eigenvalue weighted by molar-refractivity contribution is 5.89. The van der Waals surface area contributed by atoms with E-state index < -0.39 is 0 Å². The van der Waals surface area contributed by atoms with Crippen molar-refractivity contribution in [1.82, 2.24) is 5.32 Å². The molecule has 90 valence electrons. The van der Waals surface area contributed by atoms with Gasteiger partial charge in [-0.1, -0.05) is 39.8 Å². The first-order valence-corrected chi connectivity index (χ1v) is 5.72. The normalized spacial score (nSPS) is 9.12. The lowest BCUT2D eigenvalue weighted by molar-refractivity contribution is 0.254. The second kappa shape index (κ2) is 7.74. The Morgan fingerprint density at radius 2 is 1.88 bits per heavy atom. The minimum Gasteiger partial charge on any atom is -0.341 e. The zero-order valence-corrected chi connectivity index (χ0v) is 10.8. The van der Waals surface area contributed by atoms with Gasteiger partial charge in [-0.05, 0) is 23.6 Å². The summed E-state index contributed by atoms with van der Waals surface area (Å²) in [6.45, 7) is 8.25. The fourth-order valence-electron chi connectivity index (χ4n) is 1.17. The van der Waals surface area contributed by atoms with Gasteiger partial charge in [0.15, 0.2) is 0 Å². The van der Waals surface area contributed by atoms with Gasteiger partial charge < -0.3 is 10.6 Å². The van der Waals surface area contributed by atoms with Gasteiger partial charge in [0.1, 0.15) is 0 Å². The van der Waals surface area contributed by atoms with Crippen LogP contribution >= 0.6 is 0 Å². The van der Waals surface area contributed by atoms with Gasteiger partial charge in [0.25, 0.3) is 0 Å². The van der Waals surface area contributed by atoms with Crippen molar-refractivity contribution in [2.24, 2.45) is 0 Å². The highest BCUT2D eigenvalue weighted by atomic mass is 16.2. The molecule has 16 heavy (non-hydrogen) atoms. The molecule has 3 nitrogen and oxygen atoms in total. The molecule has 0 spiro atoms. The Hall–Kier alpha value is -1.51. The van der Waals surface area contributed by atoms with E-state index in [1.807, 2.05) is 32.0 Å². The minimum atomic E-state index is -0.189. The molecule has 3 heteroatoms. The first kappa shape index (κ1) is 14.5. The summed E-state index contributed by atoms with van der Waals surface area (Å²) in [7, 11) is 1.60. The Kier molecular flexibility index (Phi) is 7.01. The zero-order valence-electron chi connectivity index (χ0n) is 10.8. The quantitative estimate of drug-likeness (QED) is 0.789. The number of hydrogen-bond acceptors (Lipinski definition) is 1. The SMILES string of the molecule is CC.CNC(=O)Nc1cccc(C(C)C)c1. The molecule has 0 heterocycles. The number of anilines is 1. The molecule has 2 amide bonds. The molecule has 0 aromatic heterocycles. The van der Waals surface area contributed by atoms with Crippen LogP contribution in [-0.4, -0.2) is 13.1 Å². The molecule has 0 bridgehead atoms. The first-order valence-electron chi connectivity index (χ1n) is 5.72. The number of amides is 2. The third kappa shape index (κ3) is 4.82. The van der Waals surface area contributed by atoms with Crippen molar-refractivity contribution in [1.29, 1.82) is 0 Å². The molecule has 1 rings (SSSR count). The van der Waals surface area contributed by atoms with Gasteiger partial charge in [-0.25, -0.2) is 4.79 Å². The van der Waals surface area contributed by atoms with Crippen molar-refractivity contribution in [3.63, 3.8) is 0 Å². The minimum absolute atomic E-state index is 0.189. The van der Waals surface area contributed by atoms with E-state index >= 15 is 0 Å². The fraction of sp³-hybridized carbons (Fsp3) is 0.462. The number of urea groups is 1. The number of benzene rings is 1. The Morgan fingerprint density at radius 3 is 2.38 bits per heavy atom. The molecular weight excluding hydrogens is 200 g/mol. The van der Waals surface area contributed by atoms with Crippen molar-refractivity contribution >= 4 is 11.7 Å². The summed E-state index contributed by atoms with van der Waals surface area (Å²) in [5.41, 5.74) is 2.05. The van der Waals surface area contributed by atoms with Crippen LogP contribution in [0.3, 0.4) is 0 Å². The molecule has 0 saturated heterocycles. The van der Waals surface area contributed by atoms with Crippen LogP contribution in [0.25, 0.3) is 0 Å². The fourth-order valence-corrected chi connectivity index (χ4v) is 1.17. The maximum atomic E-state index is 11.0. The average molecular weight is 222 g/mol. The molecule has 0 aliphatic heterocycles. The van der Waals surface area contributed by atoms with Crippen LogP contribution in [-0.2, 0) is 0 Å². The molecule has 0 atom stereocenters. The summed E-state index contributed by atoms with van der Waals surface area (Å²) in [5, 5.41) is 5.25. The summed E-state index contributed by atoms with van der Waals surface area (Å²) in [4.78, 5) is 11.0. The number of nitrogens with one attached hydrogen (secondary N) is 2. The summed E-state index contributed by atoms with van der Waals surface area (Å²) in [6, 6.07) is 7.67. The Bertz CT molecular complexity index is 321. The van der Waals surface area contributed by atoms with E-state index in [-0.39, 0.29) is 6.03 Å². The van der Waals surface area contributed by atoms with E-state index in [4.69, 9.17) is 0 Å². The van der Waals surface area contributed by atoms with E-state index in [0.717, 1.165) is 5.69 Å². The molecule has 0 unspecified atom stereocenters. The summed E-state index contributed by atoms with van der Waals surface area (Å²) in [5.74, 6) is 0.474. The second-order valence-electron chi connectivity index (χ2n) is 3.48. The molecule has 1 aromatic rings. The van der Waals surface area contributed by atoms with Crippen molar-refractivity contribution < 1.29 is 4.79 Å². The van der Waals surface area contributed by atoms with Crippen molar-refractivity contribution in [2.75, 3.05) is 12.4 Å². The van der Waals surface area contributed by atoms with E-state index in [9.17, 15) is 4.79 Å². The predicted molar refractivity (Wildman–Crippen MR) is 70.0 cm³/mol. The van der Waals surface area contributed by atoms with Crippen molar-refractivity contribution in [3.8, 4) is 0 Å². The standard InChI is InChI=1S/C11H16N2O.C2H6/c1-8(2)9-5-4-6-10(7-9)13-11(14)12-3;1-2/h4-8H,1-3H3,(H2,12,13,14);1-2H3. The van der Waals surface area contributed by atoms with Crippen LogP contribution in [0, 0.1) is 0 Å². The second-order valence-corrected chi connectivity index (χ2v) is 3.48. The lowest BCUT2D eigenvalue weighted by atomic mass is 10.0. The number of rotatable bonds is 2. The number of carbonyl (C=O) groups excluding carboxylic acids is 1. The molecule has 0 saturated carbocycles. The summed E-state index contributed by atoms with van der Waals surface area (Å²) in [6.07, 6.45) is 0. The van der Waals surface area contributed by atoms with Gasteiger partial charge in [0.05, 0.1) is 0 Å². The highest BCUT2D eigenvalue weighted by Gasteiger charge is 2.01. The summed E-state index contributed by atoms with van der Waals surface area (Å²) < 4.78 is 0. The average Bonchev–Trinajstić information content (AvgIpc) is 2.32. The van der Waals surface area contributed by atoms with E-state index in [1.54, 1.807) is 7.05 Å². The maximum Gasteiger partial charge on any atom is 0.318 e. The van der Waals surface area contributed by atoms with Crippen LogP contribution in [0.4, 0.5) is 10.5 Å². The Morgan fingerprint density at radius 1 is 1.25 bits per heavy atom. The molecule has 1 aromatic carbocycles. The maximum absolute atomic E-state index is 11.0. The Labute approximate surface area is 98.3 Å². The van der Waals surface area contributed by atoms with Crippen LogP contribution in [0.15, 0.2) is 24.3 Å². The van der Waals surface area contributed by atoms with Gasteiger partial charge in [-0.3, -0.25) is 0 Å². The molecule has 0 radical (unpaired) electrons. The lowest BCUT2D eigenvalue weighted by Gasteiger charge is -2.08. The third-order valence-electron chi connectivity index (χ3n) is 2.04. The van der Waals surface area contributed by atoms with Crippen molar-refractivity contribution in [2.45, 2.75) is 33.6 Å². The topological polar surface area (TPSA) is 41.1 Å². The van der Waals surface area contributed by atoms with Gasteiger partial charge in [0, 0.05) is 12.7 Å².